The van der Waals surface area contributed by atoms with Gasteiger partial charge in [-0.15, -0.1) is 0 Å². The van der Waals surface area contributed by atoms with Gasteiger partial charge in [-0.1, -0.05) is 28.9 Å². The molecule has 0 saturated carbocycles. The van der Waals surface area contributed by atoms with Crippen LogP contribution in [-0.2, 0) is 4.74 Å². The minimum absolute atomic E-state index is 0.0560. The van der Waals surface area contributed by atoms with E-state index in [1.54, 1.807) is 31.2 Å². The molecule has 0 saturated heterocycles. The van der Waals surface area contributed by atoms with Gasteiger partial charge in [0.2, 0.25) is 5.88 Å². The highest BCUT2D eigenvalue weighted by molar-refractivity contribution is 6.32. The van der Waals surface area contributed by atoms with Crippen molar-refractivity contribution in [2.24, 2.45) is 0 Å². The van der Waals surface area contributed by atoms with Crippen molar-refractivity contribution in [2.45, 2.75) is 6.92 Å². The predicted molar refractivity (Wildman–Crippen MR) is 72.9 cm³/mol. The maximum Gasteiger partial charge on any atom is 0.345 e. The fraction of sp³-hybridized carbons (Fsp3) is 0.231. The Hall–Kier alpha value is -2.21. The zero-order valence-electron chi connectivity index (χ0n) is 10.8. The van der Waals surface area contributed by atoms with E-state index >= 15 is 0 Å². The second-order valence-corrected chi connectivity index (χ2v) is 4.33. The van der Waals surface area contributed by atoms with Gasteiger partial charge in [0.25, 0.3) is 0 Å². The molecule has 0 fully saturated rings. The average Bonchev–Trinajstić information content (AvgIpc) is 2.76. The zero-order chi connectivity index (χ0) is 14.5. The van der Waals surface area contributed by atoms with E-state index in [0.717, 1.165) is 0 Å². The monoisotopic (exact) mass is 296 g/mol. The van der Waals surface area contributed by atoms with Gasteiger partial charge in [-0.25, -0.2) is 4.79 Å². The van der Waals surface area contributed by atoms with Crippen LogP contribution in [0.25, 0.3) is 0 Å². The molecule has 1 aromatic heterocycles. The zero-order valence-corrected chi connectivity index (χ0v) is 11.5. The van der Waals surface area contributed by atoms with Crippen molar-refractivity contribution in [3.8, 4) is 5.75 Å². The maximum atomic E-state index is 11.7. The Kier molecular flexibility index (Phi) is 4.47. The van der Waals surface area contributed by atoms with E-state index in [9.17, 15) is 4.79 Å². The molecule has 106 valence electrons. The molecule has 0 unspecified atom stereocenters. The van der Waals surface area contributed by atoms with Gasteiger partial charge < -0.3 is 19.7 Å². The Morgan fingerprint density at radius 2 is 2.15 bits per heavy atom. The number of aromatic nitrogens is 1. The van der Waals surface area contributed by atoms with E-state index in [2.05, 4.69) is 9.68 Å². The van der Waals surface area contributed by atoms with Gasteiger partial charge in [-0.05, 0) is 19.1 Å². The summed E-state index contributed by atoms with van der Waals surface area (Å²) in [7, 11) is 0. The Labute approximate surface area is 120 Å². The molecular formula is C13H13ClN2O4. The number of aryl methyl sites for hydroxylation is 1. The van der Waals surface area contributed by atoms with Gasteiger partial charge >= 0.3 is 5.97 Å². The molecule has 0 bridgehead atoms. The topological polar surface area (TPSA) is 87.6 Å². The number of carbonyl (C=O) groups is 1. The summed E-state index contributed by atoms with van der Waals surface area (Å²) in [5.41, 5.74) is 6.01. The maximum absolute atomic E-state index is 11.7. The summed E-state index contributed by atoms with van der Waals surface area (Å²) in [6, 6.07) is 7.04. The number of esters is 1. The van der Waals surface area contributed by atoms with E-state index in [0.29, 0.717) is 16.5 Å². The molecule has 1 aromatic carbocycles. The molecule has 6 nitrogen and oxygen atoms in total. The number of halogens is 1. The standard InChI is InChI=1S/C13H13ClN2O4/c1-8-11(12(15)20-16-8)13(17)19-7-6-18-10-5-3-2-4-9(10)14/h2-5H,6-7,15H2,1H3. The summed E-state index contributed by atoms with van der Waals surface area (Å²) < 4.78 is 15.1. The molecule has 0 radical (unpaired) electrons. The van der Waals surface area contributed by atoms with Gasteiger partial charge in [-0.2, -0.15) is 0 Å². The summed E-state index contributed by atoms with van der Waals surface area (Å²) in [4.78, 5) is 11.7. The lowest BCUT2D eigenvalue weighted by Gasteiger charge is -2.08. The molecule has 2 N–H and O–H groups in total. The second-order valence-electron chi connectivity index (χ2n) is 3.92. The van der Waals surface area contributed by atoms with Crippen LogP contribution in [0.3, 0.4) is 0 Å². The highest BCUT2D eigenvalue weighted by Crippen LogP contribution is 2.23. The lowest BCUT2D eigenvalue weighted by atomic mass is 10.2. The Bertz CT molecular complexity index is 593. The molecule has 0 atom stereocenters. The number of nitrogens with zero attached hydrogens (tertiary/aromatic N) is 1. The fourth-order valence-corrected chi connectivity index (χ4v) is 1.75. The summed E-state index contributed by atoms with van der Waals surface area (Å²) in [6.07, 6.45) is 0. The Morgan fingerprint density at radius 3 is 2.80 bits per heavy atom. The smallest absolute Gasteiger partial charge is 0.345 e. The minimum atomic E-state index is -0.594. The van der Waals surface area contributed by atoms with Crippen molar-refractivity contribution >= 4 is 23.5 Å². The van der Waals surface area contributed by atoms with E-state index < -0.39 is 5.97 Å². The van der Waals surface area contributed by atoms with Gasteiger partial charge in [-0.3, -0.25) is 0 Å². The number of para-hydroxylation sites is 1. The highest BCUT2D eigenvalue weighted by Gasteiger charge is 2.19. The van der Waals surface area contributed by atoms with Crippen LogP contribution in [0, 0.1) is 6.92 Å². The first-order valence-electron chi connectivity index (χ1n) is 5.86. The summed E-state index contributed by atoms with van der Waals surface area (Å²) >= 11 is 5.92. The van der Waals surface area contributed by atoms with Crippen molar-refractivity contribution < 1.29 is 18.8 Å². The van der Waals surface area contributed by atoms with Crippen LogP contribution in [0.4, 0.5) is 5.88 Å². The van der Waals surface area contributed by atoms with E-state index in [1.807, 2.05) is 0 Å². The third-order valence-corrected chi connectivity index (χ3v) is 2.82. The van der Waals surface area contributed by atoms with E-state index in [4.69, 9.17) is 26.8 Å². The molecule has 20 heavy (non-hydrogen) atoms. The minimum Gasteiger partial charge on any atom is -0.488 e. The number of nitrogen functional groups attached to an aromatic ring is 1. The van der Waals surface area contributed by atoms with E-state index in [1.165, 1.54) is 0 Å². The molecule has 7 heteroatoms. The van der Waals surface area contributed by atoms with Crippen LogP contribution >= 0.6 is 11.6 Å². The predicted octanol–water partition coefficient (Wildman–Crippen LogP) is 2.45. The molecule has 0 aliphatic heterocycles. The van der Waals surface area contributed by atoms with Crippen molar-refractivity contribution in [1.82, 2.24) is 5.16 Å². The largest absolute Gasteiger partial charge is 0.488 e. The van der Waals surface area contributed by atoms with Crippen LogP contribution in [0.5, 0.6) is 5.75 Å². The SMILES string of the molecule is Cc1noc(N)c1C(=O)OCCOc1ccccc1Cl. The van der Waals surface area contributed by atoms with E-state index in [-0.39, 0.29) is 24.7 Å². The first kappa shape index (κ1) is 14.2. The summed E-state index contributed by atoms with van der Waals surface area (Å²) in [5.74, 6) is -0.116. The number of nitrogens with two attached hydrogens (primary N) is 1. The number of ether oxygens (including phenoxy) is 2. The average molecular weight is 297 g/mol. The van der Waals surface area contributed by atoms with Crippen LogP contribution < -0.4 is 10.5 Å². The number of carbonyl (C=O) groups excluding carboxylic acids is 1. The fourth-order valence-electron chi connectivity index (χ4n) is 1.56. The Balaban J connectivity index is 1.82. The molecule has 0 aliphatic carbocycles. The quantitative estimate of drug-likeness (QED) is 0.673. The number of hydrogen-bond donors (Lipinski definition) is 1. The van der Waals surface area contributed by atoms with Gasteiger partial charge in [0.1, 0.15) is 24.5 Å². The summed E-state index contributed by atoms with van der Waals surface area (Å²) in [6.45, 7) is 1.85. The number of rotatable bonds is 5. The lowest BCUT2D eigenvalue weighted by Crippen LogP contribution is -2.13. The van der Waals surface area contributed by atoms with Crippen molar-refractivity contribution in [1.29, 1.82) is 0 Å². The van der Waals surface area contributed by atoms with Crippen molar-refractivity contribution in [3.63, 3.8) is 0 Å². The third-order valence-electron chi connectivity index (χ3n) is 2.50. The molecule has 0 spiro atoms. The summed E-state index contributed by atoms with van der Waals surface area (Å²) in [5, 5.41) is 4.07. The van der Waals surface area contributed by atoms with Crippen molar-refractivity contribution in [2.75, 3.05) is 18.9 Å². The molecular weight excluding hydrogens is 284 g/mol. The van der Waals surface area contributed by atoms with Gasteiger partial charge in [0, 0.05) is 0 Å². The first-order chi connectivity index (χ1) is 9.59. The van der Waals surface area contributed by atoms with Gasteiger partial charge in [0.15, 0.2) is 0 Å². The number of hydrogen-bond acceptors (Lipinski definition) is 6. The van der Waals surface area contributed by atoms with Crippen LogP contribution in [0.1, 0.15) is 16.1 Å². The van der Waals surface area contributed by atoms with Crippen LogP contribution in [-0.4, -0.2) is 24.3 Å². The lowest BCUT2D eigenvalue weighted by molar-refractivity contribution is 0.0450. The molecule has 0 amide bonds. The van der Waals surface area contributed by atoms with Crippen LogP contribution in [0.2, 0.25) is 5.02 Å². The normalized spacial score (nSPS) is 10.3. The second kappa shape index (κ2) is 6.29. The van der Waals surface area contributed by atoms with Crippen LogP contribution in [0.15, 0.2) is 28.8 Å². The number of benzene rings is 1. The Morgan fingerprint density at radius 1 is 1.40 bits per heavy atom. The number of anilines is 1. The molecule has 0 aliphatic rings. The third kappa shape index (κ3) is 3.21. The highest BCUT2D eigenvalue weighted by atomic mass is 35.5. The molecule has 2 aromatic rings. The molecule has 1 heterocycles. The van der Waals surface area contributed by atoms with Gasteiger partial charge in [0.05, 0.1) is 10.7 Å². The molecule has 2 rings (SSSR count). The van der Waals surface area contributed by atoms with Crippen molar-refractivity contribution in [3.05, 3.63) is 40.5 Å². The first-order valence-corrected chi connectivity index (χ1v) is 6.23.